The Bertz CT molecular complexity index is 628. The molecule has 3 aromatic rings. The number of para-hydroxylation sites is 1. The summed E-state index contributed by atoms with van der Waals surface area (Å²) in [6.07, 6.45) is 0. The highest BCUT2D eigenvalue weighted by atomic mass is 16.3. The molecule has 0 aliphatic rings. The van der Waals surface area contributed by atoms with Gasteiger partial charge in [-0.25, -0.2) is 4.68 Å². The molecule has 0 aliphatic carbocycles. The molecular weight excluding hydrogens is 202 g/mol. The van der Waals surface area contributed by atoms with Gasteiger partial charge in [0, 0.05) is 0 Å². The minimum absolute atomic E-state index is 0.244. The van der Waals surface area contributed by atoms with Crippen molar-refractivity contribution < 1.29 is 5.11 Å². The monoisotopic (exact) mass is 211 g/mol. The van der Waals surface area contributed by atoms with Crippen molar-refractivity contribution in [3.63, 3.8) is 0 Å². The highest BCUT2D eigenvalue weighted by molar-refractivity contribution is 5.75. The minimum Gasteiger partial charge on any atom is -0.508 e. The third-order valence-electron chi connectivity index (χ3n) is 2.45. The largest absolute Gasteiger partial charge is 0.508 e. The highest BCUT2D eigenvalue weighted by Gasteiger charge is 2.04. The molecule has 4 nitrogen and oxygen atoms in total. The van der Waals surface area contributed by atoms with E-state index in [2.05, 4.69) is 10.3 Å². The molecule has 0 atom stereocenters. The van der Waals surface area contributed by atoms with E-state index in [4.69, 9.17) is 0 Å². The normalized spacial score (nSPS) is 10.8. The molecule has 0 unspecified atom stereocenters. The lowest BCUT2D eigenvalue weighted by atomic mass is 10.3. The average molecular weight is 211 g/mol. The molecule has 78 valence electrons. The molecule has 4 heteroatoms. The Labute approximate surface area is 91.8 Å². The van der Waals surface area contributed by atoms with Crippen LogP contribution >= 0.6 is 0 Å². The van der Waals surface area contributed by atoms with E-state index in [0.717, 1.165) is 16.7 Å². The van der Waals surface area contributed by atoms with Crippen molar-refractivity contribution in [2.45, 2.75) is 0 Å². The Morgan fingerprint density at radius 2 is 1.69 bits per heavy atom. The summed E-state index contributed by atoms with van der Waals surface area (Å²) in [6.45, 7) is 0. The van der Waals surface area contributed by atoms with Gasteiger partial charge in [0.2, 0.25) is 0 Å². The van der Waals surface area contributed by atoms with Crippen molar-refractivity contribution in [3.05, 3.63) is 48.5 Å². The summed E-state index contributed by atoms with van der Waals surface area (Å²) in [5.74, 6) is 0.244. The molecule has 3 rings (SSSR count). The first-order valence-electron chi connectivity index (χ1n) is 4.94. The summed E-state index contributed by atoms with van der Waals surface area (Å²) in [7, 11) is 0. The van der Waals surface area contributed by atoms with Crippen molar-refractivity contribution in [2.24, 2.45) is 0 Å². The number of hydrogen-bond donors (Lipinski definition) is 1. The van der Waals surface area contributed by atoms with Gasteiger partial charge in [0.25, 0.3) is 0 Å². The summed E-state index contributed by atoms with van der Waals surface area (Å²) in [6, 6.07) is 14.6. The van der Waals surface area contributed by atoms with Crippen molar-refractivity contribution in [3.8, 4) is 11.4 Å². The summed E-state index contributed by atoms with van der Waals surface area (Å²) < 4.78 is 1.74. The van der Waals surface area contributed by atoms with Gasteiger partial charge >= 0.3 is 0 Å². The maximum Gasteiger partial charge on any atom is 0.115 e. The lowest BCUT2D eigenvalue weighted by Gasteiger charge is -2.01. The summed E-state index contributed by atoms with van der Waals surface area (Å²) in [4.78, 5) is 0. The number of fused-ring (bicyclic) bond motifs is 1. The quantitative estimate of drug-likeness (QED) is 0.670. The Kier molecular flexibility index (Phi) is 1.86. The number of benzene rings is 2. The molecular formula is C12H9N3O. The first-order valence-corrected chi connectivity index (χ1v) is 4.94. The smallest absolute Gasteiger partial charge is 0.115 e. The first-order chi connectivity index (χ1) is 7.84. The van der Waals surface area contributed by atoms with Crippen LogP contribution in [0.15, 0.2) is 48.5 Å². The predicted molar refractivity (Wildman–Crippen MR) is 60.5 cm³/mol. The topological polar surface area (TPSA) is 50.9 Å². The number of aromatic hydroxyl groups is 1. The van der Waals surface area contributed by atoms with Gasteiger partial charge in [-0.15, -0.1) is 5.10 Å². The Morgan fingerprint density at radius 3 is 2.50 bits per heavy atom. The standard InChI is InChI=1S/C12H9N3O/c16-10-7-5-9(6-8-10)15-12-4-2-1-3-11(12)13-14-15/h1-8,16H. The summed E-state index contributed by atoms with van der Waals surface area (Å²) >= 11 is 0. The Balaban J connectivity index is 2.22. The molecule has 1 N–H and O–H groups in total. The first kappa shape index (κ1) is 8.91. The maximum atomic E-state index is 9.22. The van der Waals surface area contributed by atoms with Gasteiger partial charge in [0.1, 0.15) is 11.3 Å². The summed E-state index contributed by atoms with van der Waals surface area (Å²) in [5.41, 5.74) is 2.69. The van der Waals surface area contributed by atoms with E-state index in [1.54, 1.807) is 28.9 Å². The van der Waals surface area contributed by atoms with Crippen LogP contribution < -0.4 is 0 Å². The molecule has 1 aromatic heterocycles. The minimum atomic E-state index is 0.244. The molecule has 0 saturated carbocycles. The fraction of sp³-hybridized carbons (Fsp3) is 0. The molecule has 0 fully saturated rings. The molecule has 0 amide bonds. The molecule has 0 aliphatic heterocycles. The molecule has 1 heterocycles. The second-order valence-electron chi connectivity index (χ2n) is 3.51. The van der Waals surface area contributed by atoms with E-state index in [0.29, 0.717) is 0 Å². The van der Waals surface area contributed by atoms with Gasteiger partial charge in [0.15, 0.2) is 0 Å². The highest BCUT2D eigenvalue weighted by Crippen LogP contribution is 2.17. The van der Waals surface area contributed by atoms with Crippen LogP contribution in [0.1, 0.15) is 0 Å². The molecule has 0 spiro atoms. The van der Waals surface area contributed by atoms with Crippen LogP contribution in [0, 0.1) is 0 Å². The Morgan fingerprint density at radius 1 is 0.938 bits per heavy atom. The van der Waals surface area contributed by atoms with Crippen LogP contribution in [-0.4, -0.2) is 20.1 Å². The van der Waals surface area contributed by atoms with Crippen LogP contribution in [0.2, 0.25) is 0 Å². The van der Waals surface area contributed by atoms with Crippen molar-refractivity contribution in [1.82, 2.24) is 15.0 Å². The number of aromatic nitrogens is 3. The maximum absolute atomic E-state index is 9.22. The van der Waals surface area contributed by atoms with E-state index >= 15 is 0 Å². The van der Waals surface area contributed by atoms with Gasteiger partial charge in [-0.3, -0.25) is 0 Å². The van der Waals surface area contributed by atoms with Crippen LogP contribution in [-0.2, 0) is 0 Å². The fourth-order valence-corrected chi connectivity index (χ4v) is 1.65. The molecule has 16 heavy (non-hydrogen) atoms. The van der Waals surface area contributed by atoms with Crippen LogP contribution in [0.4, 0.5) is 0 Å². The number of phenolic OH excluding ortho intramolecular Hbond substituents is 1. The van der Waals surface area contributed by atoms with Crippen LogP contribution in [0.5, 0.6) is 5.75 Å². The average Bonchev–Trinajstić information content (AvgIpc) is 2.74. The third kappa shape index (κ3) is 1.32. The number of phenols is 1. The number of hydrogen-bond acceptors (Lipinski definition) is 3. The second-order valence-corrected chi connectivity index (χ2v) is 3.51. The van der Waals surface area contributed by atoms with E-state index in [-0.39, 0.29) is 5.75 Å². The van der Waals surface area contributed by atoms with Gasteiger partial charge in [-0.1, -0.05) is 17.3 Å². The third-order valence-corrected chi connectivity index (χ3v) is 2.45. The van der Waals surface area contributed by atoms with Gasteiger partial charge < -0.3 is 5.11 Å². The SMILES string of the molecule is Oc1ccc(-n2nnc3ccccc32)cc1. The molecule has 0 radical (unpaired) electrons. The van der Waals surface area contributed by atoms with Crippen molar-refractivity contribution >= 4 is 11.0 Å². The fourth-order valence-electron chi connectivity index (χ4n) is 1.65. The van der Waals surface area contributed by atoms with E-state index < -0.39 is 0 Å². The van der Waals surface area contributed by atoms with Crippen LogP contribution in [0.3, 0.4) is 0 Å². The zero-order chi connectivity index (χ0) is 11.0. The lowest BCUT2D eigenvalue weighted by molar-refractivity contribution is 0.475. The van der Waals surface area contributed by atoms with E-state index in [1.807, 2.05) is 24.3 Å². The second kappa shape index (κ2) is 3.34. The van der Waals surface area contributed by atoms with Crippen LogP contribution in [0.25, 0.3) is 16.7 Å². The number of rotatable bonds is 1. The summed E-state index contributed by atoms with van der Waals surface area (Å²) in [5, 5.41) is 17.4. The van der Waals surface area contributed by atoms with Gasteiger partial charge in [-0.2, -0.15) is 0 Å². The zero-order valence-electron chi connectivity index (χ0n) is 8.41. The molecule has 0 saturated heterocycles. The lowest BCUT2D eigenvalue weighted by Crippen LogP contribution is -1.95. The predicted octanol–water partition coefficient (Wildman–Crippen LogP) is 2.13. The number of nitrogens with zero attached hydrogens (tertiary/aromatic N) is 3. The molecule has 0 bridgehead atoms. The van der Waals surface area contributed by atoms with Gasteiger partial charge in [0.05, 0.1) is 11.2 Å². The van der Waals surface area contributed by atoms with Crippen molar-refractivity contribution in [2.75, 3.05) is 0 Å². The van der Waals surface area contributed by atoms with E-state index in [1.165, 1.54) is 0 Å². The zero-order valence-corrected chi connectivity index (χ0v) is 8.41. The molecule has 2 aromatic carbocycles. The Hall–Kier alpha value is -2.36. The van der Waals surface area contributed by atoms with Crippen molar-refractivity contribution in [1.29, 1.82) is 0 Å². The van der Waals surface area contributed by atoms with Gasteiger partial charge in [-0.05, 0) is 36.4 Å². The van der Waals surface area contributed by atoms with E-state index in [9.17, 15) is 5.11 Å².